The number of ether oxygens (including phenoxy) is 1. The largest absolute Gasteiger partial charge is 0.478 e. The van der Waals surface area contributed by atoms with Crippen molar-refractivity contribution < 1.29 is 19.4 Å². The maximum atomic E-state index is 11.8. The normalized spacial score (nSPS) is 36.7. The molecule has 0 aromatic heterocycles. The first-order valence-corrected chi connectivity index (χ1v) is 8.41. The highest BCUT2D eigenvalue weighted by Gasteiger charge is 2.56. The average Bonchev–Trinajstić information content (AvgIpc) is 2.44. The van der Waals surface area contributed by atoms with Crippen LogP contribution in [-0.4, -0.2) is 22.6 Å². The van der Waals surface area contributed by atoms with E-state index >= 15 is 0 Å². The Kier molecular flexibility index (Phi) is 5.02. The first-order chi connectivity index (χ1) is 10.6. The van der Waals surface area contributed by atoms with Crippen LogP contribution < -0.4 is 0 Å². The van der Waals surface area contributed by atoms with Gasteiger partial charge in [-0.1, -0.05) is 13.2 Å². The molecule has 4 nitrogen and oxygen atoms in total. The topological polar surface area (TPSA) is 63.6 Å². The van der Waals surface area contributed by atoms with Crippen LogP contribution in [0.15, 0.2) is 24.3 Å². The average molecular weight is 320 g/mol. The van der Waals surface area contributed by atoms with Gasteiger partial charge in [0.2, 0.25) is 0 Å². The van der Waals surface area contributed by atoms with Crippen molar-refractivity contribution in [2.24, 2.45) is 23.7 Å². The number of hydrogen-bond acceptors (Lipinski definition) is 3. The molecule has 0 radical (unpaired) electrons. The fourth-order valence-corrected chi connectivity index (χ4v) is 4.57. The molecule has 0 saturated heterocycles. The second-order valence-electron chi connectivity index (χ2n) is 7.74. The molecule has 4 fully saturated rings. The summed E-state index contributed by atoms with van der Waals surface area (Å²) in [4.78, 5) is 21.4. The van der Waals surface area contributed by atoms with Crippen LogP contribution in [0.1, 0.15) is 52.9 Å². The first kappa shape index (κ1) is 17.8. The van der Waals surface area contributed by atoms with E-state index in [0.29, 0.717) is 17.4 Å². The lowest BCUT2D eigenvalue weighted by atomic mass is 9.50. The van der Waals surface area contributed by atoms with Crippen molar-refractivity contribution >= 4 is 11.9 Å². The maximum Gasteiger partial charge on any atom is 0.333 e. The zero-order valence-corrected chi connectivity index (χ0v) is 14.4. The summed E-state index contributed by atoms with van der Waals surface area (Å²) < 4.78 is 5.84. The van der Waals surface area contributed by atoms with Crippen molar-refractivity contribution in [1.29, 1.82) is 0 Å². The minimum absolute atomic E-state index is 0.176. The second-order valence-corrected chi connectivity index (χ2v) is 7.74. The number of carboxylic acids is 1. The number of carbonyl (C=O) groups excluding carboxylic acids is 1. The zero-order chi connectivity index (χ0) is 17.4. The van der Waals surface area contributed by atoms with Gasteiger partial charge in [0.15, 0.2) is 0 Å². The summed E-state index contributed by atoms with van der Waals surface area (Å²) >= 11 is 0. The molecule has 4 aliphatic carbocycles. The Morgan fingerprint density at radius 3 is 1.65 bits per heavy atom. The lowest BCUT2D eigenvalue weighted by molar-refractivity contribution is -0.199. The molecule has 23 heavy (non-hydrogen) atoms. The summed E-state index contributed by atoms with van der Waals surface area (Å²) in [6.07, 6.45) is 6.51. The Bertz CT molecular complexity index is 491. The van der Waals surface area contributed by atoms with E-state index in [1.54, 1.807) is 6.92 Å². The van der Waals surface area contributed by atoms with Gasteiger partial charge in [-0.05, 0) is 76.5 Å². The van der Waals surface area contributed by atoms with E-state index in [4.69, 9.17) is 9.84 Å². The minimum atomic E-state index is -0.935. The van der Waals surface area contributed by atoms with Gasteiger partial charge in [-0.25, -0.2) is 9.59 Å². The van der Waals surface area contributed by atoms with Gasteiger partial charge in [0.25, 0.3) is 0 Å². The van der Waals surface area contributed by atoms with Gasteiger partial charge in [-0.3, -0.25) is 0 Å². The molecule has 4 heteroatoms. The van der Waals surface area contributed by atoms with Crippen LogP contribution in [0.2, 0.25) is 0 Å². The molecule has 0 aliphatic heterocycles. The van der Waals surface area contributed by atoms with Crippen LogP contribution in [-0.2, 0) is 14.3 Å². The quantitative estimate of drug-likeness (QED) is 0.631. The van der Waals surface area contributed by atoms with E-state index < -0.39 is 5.97 Å². The Labute approximate surface area is 138 Å². The zero-order valence-electron chi connectivity index (χ0n) is 14.4. The number of rotatable bonds is 3. The predicted octanol–water partition coefficient (Wildman–Crippen LogP) is 3.97. The lowest BCUT2D eigenvalue weighted by Gasteiger charge is -2.59. The molecule has 0 unspecified atom stereocenters. The third-order valence-electron chi connectivity index (χ3n) is 5.79. The smallest absolute Gasteiger partial charge is 0.333 e. The number of carbonyl (C=O) groups is 2. The summed E-state index contributed by atoms with van der Waals surface area (Å²) in [5.41, 5.74) is 0.499. The molecule has 0 heterocycles. The predicted molar refractivity (Wildman–Crippen MR) is 88.8 cm³/mol. The highest BCUT2D eigenvalue weighted by Crippen LogP contribution is 2.59. The van der Waals surface area contributed by atoms with Crippen molar-refractivity contribution in [3.05, 3.63) is 24.3 Å². The van der Waals surface area contributed by atoms with Crippen LogP contribution in [0, 0.1) is 23.7 Å². The monoisotopic (exact) mass is 320 g/mol. The Balaban J connectivity index is 0.000000277. The Morgan fingerprint density at radius 2 is 1.35 bits per heavy atom. The molecule has 128 valence electrons. The van der Waals surface area contributed by atoms with Crippen LogP contribution >= 0.6 is 0 Å². The molecule has 1 N–H and O–H groups in total. The molecule has 0 atom stereocenters. The second kappa shape index (κ2) is 6.50. The van der Waals surface area contributed by atoms with E-state index in [2.05, 4.69) is 20.1 Å². The van der Waals surface area contributed by atoms with Crippen LogP contribution in [0.25, 0.3) is 0 Å². The van der Waals surface area contributed by atoms with Gasteiger partial charge in [0, 0.05) is 11.1 Å². The third kappa shape index (κ3) is 3.67. The first-order valence-electron chi connectivity index (χ1n) is 8.41. The molecule has 0 amide bonds. The van der Waals surface area contributed by atoms with Gasteiger partial charge >= 0.3 is 11.9 Å². The van der Waals surface area contributed by atoms with Gasteiger partial charge in [0.1, 0.15) is 5.60 Å². The van der Waals surface area contributed by atoms with Crippen molar-refractivity contribution in [3.8, 4) is 0 Å². The maximum absolute atomic E-state index is 11.8. The lowest BCUT2D eigenvalue weighted by Crippen LogP contribution is -2.58. The summed E-state index contributed by atoms with van der Waals surface area (Å²) in [7, 11) is 0. The molecule has 4 bridgehead atoms. The molecule has 0 aromatic carbocycles. The summed E-state index contributed by atoms with van der Waals surface area (Å²) in [5, 5.41) is 7.89. The molecular formula is C19H28O4. The van der Waals surface area contributed by atoms with Crippen LogP contribution in [0.4, 0.5) is 0 Å². The molecular weight excluding hydrogens is 292 g/mol. The van der Waals surface area contributed by atoms with E-state index in [9.17, 15) is 9.59 Å². The minimum Gasteiger partial charge on any atom is -0.478 e. The van der Waals surface area contributed by atoms with Crippen molar-refractivity contribution in [1.82, 2.24) is 0 Å². The molecule has 0 spiro atoms. The SMILES string of the molecule is C=C(C)C(=O)O.C=C(C)C(=O)OC1(C)C2CC3CC(C2)CC1C3. The van der Waals surface area contributed by atoms with E-state index in [1.165, 1.54) is 39.0 Å². The van der Waals surface area contributed by atoms with E-state index in [-0.39, 0.29) is 17.1 Å². The molecule has 0 aromatic rings. The van der Waals surface area contributed by atoms with Gasteiger partial charge in [0.05, 0.1) is 0 Å². The highest BCUT2D eigenvalue weighted by atomic mass is 16.6. The van der Waals surface area contributed by atoms with E-state index in [0.717, 1.165) is 11.8 Å². The van der Waals surface area contributed by atoms with Crippen LogP contribution in [0.3, 0.4) is 0 Å². The highest BCUT2D eigenvalue weighted by molar-refractivity contribution is 5.87. The fraction of sp³-hybridized carbons (Fsp3) is 0.684. The summed E-state index contributed by atoms with van der Waals surface area (Å²) in [6, 6.07) is 0. The van der Waals surface area contributed by atoms with Crippen molar-refractivity contribution in [2.45, 2.75) is 58.5 Å². The standard InChI is InChI=1S/C15H22O2.C4H6O2/c1-9(2)14(16)17-15(3)12-5-10-4-11(7-12)8-13(15)6-10;1-3(2)4(5)6/h10-13H,1,4-8H2,2-3H3;1H2,2H3,(H,5,6). The molecule has 4 rings (SSSR count). The fourth-order valence-electron chi connectivity index (χ4n) is 4.57. The van der Waals surface area contributed by atoms with E-state index in [1.807, 2.05) is 0 Å². The molecule has 4 aliphatic rings. The summed E-state index contributed by atoms with van der Waals surface area (Å²) in [6.45, 7) is 12.2. The Morgan fingerprint density at radius 1 is 0.957 bits per heavy atom. The number of aliphatic carboxylic acids is 1. The summed E-state index contributed by atoms with van der Waals surface area (Å²) in [5.74, 6) is 1.89. The van der Waals surface area contributed by atoms with Crippen molar-refractivity contribution in [2.75, 3.05) is 0 Å². The third-order valence-corrected chi connectivity index (χ3v) is 5.79. The number of carboxylic acid groups (broad SMARTS) is 1. The number of esters is 1. The van der Waals surface area contributed by atoms with Crippen LogP contribution in [0.5, 0.6) is 0 Å². The molecule has 4 saturated carbocycles. The van der Waals surface area contributed by atoms with Gasteiger partial charge < -0.3 is 9.84 Å². The van der Waals surface area contributed by atoms with Gasteiger partial charge in [-0.15, -0.1) is 0 Å². The van der Waals surface area contributed by atoms with Crippen molar-refractivity contribution in [3.63, 3.8) is 0 Å². The van der Waals surface area contributed by atoms with Gasteiger partial charge in [-0.2, -0.15) is 0 Å². The number of hydrogen-bond donors (Lipinski definition) is 1. The Hall–Kier alpha value is -1.58.